The summed E-state index contributed by atoms with van der Waals surface area (Å²) in [6, 6.07) is 15.8. The number of aromatic nitrogens is 1. The molecular formula is C26H29FN2O3S. The van der Waals surface area contributed by atoms with Crippen molar-refractivity contribution < 1.29 is 12.8 Å². The first-order valence-electron chi connectivity index (χ1n) is 11.2. The molecule has 0 bridgehead atoms. The zero-order valence-electron chi connectivity index (χ0n) is 19.1. The van der Waals surface area contributed by atoms with Crippen LogP contribution >= 0.6 is 0 Å². The van der Waals surface area contributed by atoms with Crippen molar-refractivity contribution in [1.29, 1.82) is 0 Å². The third-order valence-corrected chi connectivity index (χ3v) is 7.02. The molecule has 2 unspecified atom stereocenters. The maximum atomic E-state index is 13.7. The van der Waals surface area contributed by atoms with Crippen LogP contribution in [0.5, 0.6) is 0 Å². The Kier molecular flexibility index (Phi) is 6.54. The average Bonchev–Trinajstić information content (AvgIpc) is 2.74. The lowest BCUT2D eigenvalue weighted by Gasteiger charge is -2.34. The van der Waals surface area contributed by atoms with Gasteiger partial charge in [0.1, 0.15) is 5.82 Å². The molecule has 1 aromatic heterocycles. The van der Waals surface area contributed by atoms with Crippen molar-refractivity contribution in [3.05, 3.63) is 93.7 Å². The Balaban J connectivity index is 1.78. The van der Waals surface area contributed by atoms with Crippen LogP contribution in [0.2, 0.25) is 0 Å². The van der Waals surface area contributed by atoms with Crippen LogP contribution in [-0.2, 0) is 22.9 Å². The Hall–Kier alpha value is -2.77. The second kappa shape index (κ2) is 9.23. The molecule has 33 heavy (non-hydrogen) atoms. The van der Waals surface area contributed by atoms with Crippen LogP contribution < -0.4 is 10.3 Å². The van der Waals surface area contributed by atoms with Gasteiger partial charge in [0.05, 0.1) is 6.26 Å². The lowest BCUT2D eigenvalue weighted by Crippen LogP contribution is -2.45. The molecule has 0 aliphatic heterocycles. The summed E-state index contributed by atoms with van der Waals surface area (Å²) < 4.78 is 42.4. The van der Waals surface area contributed by atoms with Gasteiger partial charge >= 0.3 is 0 Å². The minimum atomic E-state index is -3.45. The molecule has 1 N–H and O–H groups in total. The maximum absolute atomic E-state index is 13.7. The molecule has 4 rings (SSSR count). The fourth-order valence-electron chi connectivity index (χ4n) is 4.80. The lowest BCUT2D eigenvalue weighted by atomic mass is 9.77. The molecule has 7 heteroatoms. The topological polar surface area (TPSA) is 68.2 Å². The van der Waals surface area contributed by atoms with Crippen molar-refractivity contribution in [3.63, 3.8) is 0 Å². The van der Waals surface area contributed by atoms with E-state index in [-0.39, 0.29) is 29.4 Å². The van der Waals surface area contributed by atoms with Gasteiger partial charge in [-0.1, -0.05) is 36.4 Å². The van der Waals surface area contributed by atoms with Crippen LogP contribution in [0.15, 0.2) is 65.6 Å². The van der Waals surface area contributed by atoms with Crippen molar-refractivity contribution >= 4 is 10.0 Å². The quantitative estimate of drug-likeness (QED) is 0.582. The summed E-state index contributed by atoms with van der Waals surface area (Å²) in [6.45, 7) is 3.92. The van der Waals surface area contributed by atoms with Gasteiger partial charge in [0.2, 0.25) is 10.0 Å². The van der Waals surface area contributed by atoms with Crippen molar-refractivity contribution in [2.45, 2.75) is 51.1 Å². The van der Waals surface area contributed by atoms with Crippen molar-refractivity contribution in [2.75, 3.05) is 6.26 Å². The molecular weight excluding hydrogens is 439 g/mol. The Morgan fingerprint density at radius 2 is 1.79 bits per heavy atom. The number of aryl methyl sites for hydroxylation is 1. The monoisotopic (exact) mass is 468 g/mol. The van der Waals surface area contributed by atoms with Crippen LogP contribution in [-0.4, -0.2) is 25.3 Å². The SMILES string of the molecule is CC(C)n1ccc2c(c1=O)C(Cc1cccc(-c3cccc(F)c3)c1)C(NS(C)(=O)=O)CC2. The second-order valence-electron chi connectivity index (χ2n) is 9.12. The van der Waals surface area contributed by atoms with Crippen LogP contribution in [0.25, 0.3) is 11.1 Å². The second-order valence-corrected chi connectivity index (χ2v) is 10.9. The molecule has 2 atom stereocenters. The van der Waals surface area contributed by atoms with Crippen molar-refractivity contribution in [2.24, 2.45) is 0 Å². The van der Waals surface area contributed by atoms with E-state index in [0.717, 1.165) is 28.5 Å². The highest BCUT2D eigenvalue weighted by atomic mass is 32.2. The standard InChI is InChI=1S/C26H29FN2O3S/c1-17(2)29-13-12-19-10-11-24(28-33(3,31)32)23(25(19)26(29)30)15-18-6-4-7-20(14-18)21-8-5-9-22(27)16-21/h4-9,12-14,16-17,23-24,28H,10-11,15H2,1-3H3. The van der Waals surface area contributed by atoms with Gasteiger partial charge in [0.15, 0.2) is 0 Å². The van der Waals surface area contributed by atoms with Gasteiger partial charge in [-0.25, -0.2) is 17.5 Å². The molecule has 3 aromatic rings. The largest absolute Gasteiger partial charge is 0.313 e. The van der Waals surface area contributed by atoms with E-state index in [2.05, 4.69) is 4.72 Å². The Bertz CT molecular complexity index is 1330. The van der Waals surface area contributed by atoms with E-state index in [1.165, 1.54) is 12.1 Å². The van der Waals surface area contributed by atoms with Gasteiger partial charge in [-0.2, -0.15) is 0 Å². The van der Waals surface area contributed by atoms with E-state index in [9.17, 15) is 17.6 Å². The van der Waals surface area contributed by atoms with E-state index in [0.29, 0.717) is 24.8 Å². The number of sulfonamides is 1. The number of nitrogens with zero attached hydrogens (tertiary/aromatic N) is 1. The van der Waals surface area contributed by atoms with Crippen LogP contribution in [0.1, 0.15) is 48.9 Å². The number of rotatable bonds is 6. The number of fused-ring (bicyclic) bond motifs is 1. The van der Waals surface area contributed by atoms with E-state index >= 15 is 0 Å². The predicted octanol–water partition coefficient (Wildman–Crippen LogP) is 4.43. The molecule has 5 nitrogen and oxygen atoms in total. The average molecular weight is 469 g/mol. The Morgan fingerprint density at radius 1 is 1.09 bits per heavy atom. The summed E-state index contributed by atoms with van der Waals surface area (Å²) in [5.41, 5.74) is 4.23. The molecule has 0 fully saturated rings. The number of hydrogen-bond donors (Lipinski definition) is 1. The molecule has 1 aliphatic carbocycles. The van der Waals surface area contributed by atoms with Crippen LogP contribution in [0.3, 0.4) is 0 Å². The number of nitrogens with one attached hydrogen (secondary N) is 1. The summed E-state index contributed by atoms with van der Waals surface area (Å²) in [7, 11) is -3.45. The number of benzene rings is 2. The lowest BCUT2D eigenvalue weighted by molar-refractivity contribution is 0.420. The minimum Gasteiger partial charge on any atom is -0.313 e. The molecule has 0 radical (unpaired) electrons. The molecule has 174 valence electrons. The zero-order valence-corrected chi connectivity index (χ0v) is 19.9. The molecule has 0 saturated carbocycles. The summed E-state index contributed by atoms with van der Waals surface area (Å²) >= 11 is 0. The van der Waals surface area contributed by atoms with Crippen molar-refractivity contribution in [1.82, 2.24) is 9.29 Å². The first kappa shape index (κ1) is 23.4. The third kappa shape index (κ3) is 5.25. The Labute approximate surface area is 194 Å². The summed E-state index contributed by atoms with van der Waals surface area (Å²) in [6.07, 6.45) is 4.76. The first-order chi connectivity index (χ1) is 15.6. The molecule has 0 saturated heterocycles. The predicted molar refractivity (Wildman–Crippen MR) is 129 cm³/mol. The van der Waals surface area contributed by atoms with Gasteiger partial charge in [-0.15, -0.1) is 0 Å². The molecule has 1 heterocycles. The first-order valence-corrected chi connectivity index (χ1v) is 13.1. The fourth-order valence-corrected chi connectivity index (χ4v) is 5.63. The van der Waals surface area contributed by atoms with E-state index in [4.69, 9.17) is 0 Å². The highest BCUT2D eigenvalue weighted by molar-refractivity contribution is 7.88. The van der Waals surface area contributed by atoms with Gasteiger partial charge in [0, 0.05) is 29.8 Å². The minimum absolute atomic E-state index is 0.00278. The van der Waals surface area contributed by atoms with Crippen molar-refractivity contribution in [3.8, 4) is 11.1 Å². The maximum Gasteiger partial charge on any atom is 0.254 e. The van der Waals surface area contributed by atoms with Gasteiger partial charge in [0.25, 0.3) is 5.56 Å². The normalized spacial score (nSPS) is 18.3. The van der Waals surface area contributed by atoms with E-state index in [1.54, 1.807) is 10.6 Å². The number of hydrogen-bond acceptors (Lipinski definition) is 3. The Morgan fingerprint density at radius 3 is 2.45 bits per heavy atom. The van der Waals surface area contributed by atoms with E-state index in [1.807, 2.05) is 56.4 Å². The molecule has 0 amide bonds. The summed E-state index contributed by atoms with van der Waals surface area (Å²) in [5.74, 6) is -0.601. The summed E-state index contributed by atoms with van der Waals surface area (Å²) in [5, 5.41) is 0. The van der Waals surface area contributed by atoms with E-state index < -0.39 is 10.0 Å². The smallest absolute Gasteiger partial charge is 0.254 e. The third-order valence-electron chi connectivity index (χ3n) is 6.29. The molecule has 0 spiro atoms. The zero-order chi connectivity index (χ0) is 23.8. The molecule has 2 aromatic carbocycles. The number of pyridine rings is 1. The fraction of sp³-hybridized carbons (Fsp3) is 0.346. The number of halogens is 1. The van der Waals surface area contributed by atoms with Gasteiger partial charge in [-0.05, 0) is 73.6 Å². The molecule has 1 aliphatic rings. The van der Waals surface area contributed by atoms with Crippen LogP contribution in [0, 0.1) is 5.82 Å². The van der Waals surface area contributed by atoms with Gasteiger partial charge in [-0.3, -0.25) is 4.79 Å². The summed E-state index contributed by atoms with van der Waals surface area (Å²) in [4.78, 5) is 13.4. The van der Waals surface area contributed by atoms with Gasteiger partial charge < -0.3 is 4.57 Å². The highest BCUT2D eigenvalue weighted by Crippen LogP contribution is 2.34. The van der Waals surface area contributed by atoms with Crippen LogP contribution in [0.4, 0.5) is 4.39 Å². The highest BCUT2D eigenvalue weighted by Gasteiger charge is 2.34.